The van der Waals surface area contributed by atoms with Crippen molar-refractivity contribution in [2.24, 2.45) is 0 Å². The molecule has 1 atom stereocenters. The average molecular weight is 322 g/mol. The zero-order valence-corrected chi connectivity index (χ0v) is 12.5. The molecule has 1 N–H and O–H groups in total. The summed E-state index contributed by atoms with van der Waals surface area (Å²) in [6.07, 6.45) is 0.972. The number of hydrogen-bond donors (Lipinski definition) is 1. The van der Waals surface area contributed by atoms with E-state index >= 15 is 0 Å². The van der Waals surface area contributed by atoms with Gasteiger partial charge in [-0.25, -0.2) is 4.39 Å². The summed E-state index contributed by atoms with van der Waals surface area (Å²) < 4.78 is 14.6. The van der Waals surface area contributed by atoms with Gasteiger partial charge in [-0.3, -0.25) is 0 Å². The van der Waals surface area contributed by atoms with Gasteiger partial charge >= 0.3 is 0 Å². The molecule has 0 heterocycles. The highest BCUT2D eigenvalue weighted by Gasteiger charge is 2.09. The monoisotopic (exact) mass is 321 g/mol. The summed E-state index contributed by atoms with van der Waals surface area (Å²) >= 11 is 3.37. The lowest BCUT2D eigenvalue weighted by Gasteiger charge is -2.17. The molecule has 100 valence electrons. The van der Waals surface area contributed by atoms with E-state index in [0.29, 0.717) is 12.1 Å². The van der Waals surface area contributed by atoms with Crippen LogP contribution in [0.4, 0.5) is 4.39 Å². The Morgan fingerprint density at radius 2 is 1.89 bits per heavy atom. The van der Waals surface area contributed by atoms with Crippen LogP contribution < -0.4 is 5.32 Å². The summed E-state index contributed by atoms with van der Waals surface area (Å²) in [5.41, 5.74) is 1.92. The molecular formula is C16H17BrFN. The summed E-state index contributed by atoms with van der Waals surface area (Å²) in [5.74, 6) is -0.168. The van der Waals surface area contributed by atoms with Gasteiger partial charge in [-0.05, 0) is 30.2 Å². The Bertz CT molecular complexity index is 528. The minimum Gasteiger partial charge on any atom is -0.306 e. The van der Waals surface area contributed by atoms with Gasteiger partial charge in [0, 0.05) is 22.6 Å². The third-order valence-electron chi connectivity index (χ3n) is 3.16. The fourth-order valence-electron chi connectivity index (χ4n) is 2.10. The quantitative estimate of drug-likeness (QED) is 0.831. The summed E-state index contributed by atoms with van der Waals surface area (Å²) in [5, 5.41) is 3.41. The van der Waals surface area contributed by atoms with Crippen molar-refractivity contribution in [2.75, 3.05) is 0 Å². The Balaban J connectivity index is 2.06. The van der Waals surface area contributed by atoms with Gasteiger partial charge in [-0.15, -0.1) is 0 Å². The third kappa shape index (κ3) is 3.88. The lowest BCUT2D eigenvalue weighted by molar-refractivity contribution is 0.504. The van der Waals surface area contributed by atoms with Crippen molar-refractivity contribution < 1.29 is 4.39 Å². The predicted octanol–water partition coefficient (Wildman–Crippen LogP) is 4.83. The molecule has 0 bridgehead atoms. The first kappa shape index (κ1) is 14.2. The van der Waals surface area contributed by atoms with Crippen LogP contribution in [0.1, 0.15) is 30.5 Å². The Labute approximate surface area is 122 Å². The first-order chi connectivity index (χ1) is 9.20. The first-order valence-electron chi connectivity index (χ1n) is 6.43. The van der Waals surface area contributed by atoms with E-state index in [0.717, 1.165) is 10.9 Å². The van der Waals surface area contributed by atoms with Gasteiger partial charge in [0.15, 0.2) is 0 Å². The van der Waals surface area contributed by atoms with Crippen LogP contribution in [0.15, 0.2) is 53.0 Å². The molecule has 0 saturated heterocycles. The molecule has 0 fully saturated rings. The second-order valence-corrected chi connectivity index (χ2v) is 5.40. The molecule has 1 nitrogen and oxygen atoms in total. The van der Waals surface area contributed by atoms with E-state index in [1.807, 2.05) is 24.3 Å². The van der Waals surface area contributed by atoms with E-state index in [1.54, 1.807) is 6.07 Å². The molecule has 0 saturated carbocycles. The van der Waals surface area contributed by atoms with E-state index < -0.39 is 0 Å². The van der Waals surface area contributed by atoms with Crippen molar-refractivity contribution in [1.82, 2.24) is 5.32 Å². The Morgan fingerprint density at radius 1 is 1.16 bits per heavy atom. The zero-order chi connectivity index (χ0) is 13.7. The fourth-order valence-corrected chi connectivity index (χ4v) is 2.50. The molecule has 0 amide bonds. The van der Waals surface area contributed by atoms with Crippen LogP contribution in [0.2, 0.25) is 0 Å². The third-order valence-corrected chi connectivity index (χ3v) is 3.65. The van der Waals surface area contributed by atoms with E-state index in [-0.39, 0.29) is 11.9 Å². The highest BCUT2D eigenvalue weighted by molar-refractivity contribution is 9.10. The maximum atomic E-state index is 13.7. The van der Waals surface area contributed by atoms with Gasteiger partial charge in [0.1, 0.15) is 5.82 Å². The Morgan fingerprint density at radius 3 is 2.58 bits per heavy atom. The lowest BCUT2D eigenvalue weighted by atomic mass is 10.0. The van der Waals surface area contributed by atoms with Crippen molar-refractivity contribution in [1.29, 1.82) is 0 Å². The van der Waals surface area contributed by atoms with Crippen LogP contribution in [-0.4, -0.2) is 0 Å². The maximum absolute atomic E-state index is 13.7. The first-order valence-corrected chi connectivity index (χ1v) is 7.22. The van der Waals surface area contributed by atoms with Crippen LogP contribution in [0.3, 0.4) is 0 Å². The molecule has 2 aromatic rings. The predicted molar refractivity (Wildman–Crippen MR) is 80.4 cm³/mol. The fraction of sp³-hybridized carbons (Fsp3) is 0.250. The molecule has 1 unspecified atom stereocenters. The van der Waals surface area contributed by atoms with E-state index in [9.17, 15) is 4.39 Å². The van der Waals surface area contributed by atoms with Crippen LogP contribution in [0.5, 0.6) is 0 Å². The van der Waals surface area contributed by atoms with Crippen LogP contribution in [0, 0.1) is 5.82 Å². The largest absolute Gasteiger partial charge is 0.306 e. The zero-order valence-electron chi connectivity index (χ0n) is 10.9. The van der Waals surface area contributed by atoms with Crippen LogP contribution >= 0.6 is 15.9 Å². The maximum Gasteiger partial charge on any atom is 0.127 e. The van der Waals surface area contributed by atoms with Gasteiger partial charge in [-0.1, -0.05) is 53.2 Å². The van der Waals surface area contributed by atoms with Gasteiger partial charge in [0.25, 0.3) is 0 Å². The Hall–Kier alpha value is -1.19. The minimum absolute atomic E-state index is 0.168. The van der Waals surface area contributed by atoms with E-state index in [4.69, 9.17) is 0 Å². The van der Waals surface area contributed by atoms with E-state index in [2.05, 4.69) is 40.3 Å². The molecule has 2 aromatic carbocycles. The van der Waals surface area contributed by atoms with Crippen molar-refractivity contribution in [3.8, 4) is 0 Å². The normalized spacial score (nSPS) is 12.4. The summed E-state index contributed by atoms with van der Waals surface area (Å²) in [6, 6.07) is 15.5. The number of hydrogen-bond acceptors (Lipinski definition) is 1. The standard InChI is InChI=1S/C16H17BrFN/c1-2-16(12-6-4-3-5-7-12)19-11-13-10-14(17)8-9-15(13)18/h3-10,16,19H,2,11H2,1H3. The summed E-state index contributed by atoms with van der Waals surface area (Å²) in [4.78, 5) is 0. The molecule has 0 aliphatic carbocycles. The number of rotatable bonds is 5. The Kier molecular flexibility index (Phi) is 5.11. The smallest absolute Gasteiger partial charge is 0.127 e. The van der Waals surface area contributed by atoms with Gasteiger partial charge < -0.3 is 5.32 Å². The molecular weight excluding hydrogens is 305 g/mol. The average Bonchev–Trinajstić information content (AvgIpc) is 2.44. The van der Waals surface area contributed by atoms with Crippen molar-refractivity contribution in [3.63, 3.8) is 0 Å². The van der Waals surface area contributed by atoms with Gasteiger partial charge in [0.2, 0.25) is 0 Å². The summed E-state index contributed by atoms with van der Waals surface area (Å²) in [7, 11) is 0. The van der Waals surface area contributed by atoms with Crippen molar-refractivity contribution >= 4 is 15.9 Å². The molecule has 0 spiro atoms. The number of benzene rings is 2. The highest BCUT2D eigenvalue weighted by Crippen LogP contribution is 2.19. The second-order valence-electron chi connectivity index (χ2n) is 4.49. The van der Waals surface area contributed by atoms with Crippen molar-refractivity contribution in [2.45, 2.75) is 25.9 Å². The molecule has 0 aromatic heterocycles. The minimum atomic E-state index is -0.168. The second kappa shape index (κ2) is 6.83. The molecule has 0 aliphatic heterocycles. The molecule has 19 heavy (non-hydrogen) atoms. The van der Waals surface area contributed by atoms with Gasteiger partial charge in [0.05, 0.1) is 0 Å². The summed E-state index contributed by atoms with van der Waals surface area (Å²) in [6.45, 7) is 2.65. The number of halogens is 2. The SMILES string of the molecule is CCC(NCc1cc(Br)ccc1F)c1ccccc1. The molecule has 2 rings (SSSR count). The topological polar surface area (TPSA) is 12.0 Å². The van der Waals surface area contributed by atoms with Gasteiger partial charge in [-0.2, -0.15) is 0 Å². The lowest BCUT2D eigenvalue weighted by Crippen LogP contribution is -2.20. The molecule has 3 heteroatoms. The molecule has 0 aliphatic rings. The van der Waals surface area contributed by atoms with E-state index in [1.165, 1.54) is 11.6 Å². The number of nitrogens with one attached hydrogen (secondary N) is 1. The van der Waals surface area contributed by atoms with Crippen molar-refractivity contribution in [3.05, 3.63) is 69.9 Å². The highest BCUT2D eigenvalue weighted by atomic mass is 79.9. The van der Waals surface area contributed by atoms with Crippen LogP contribution in [-0.2, 0) is 6.54 Å². The van der Waals surface area contributed by atoms with Crippen LogP contribution in [0.25, 0.3) is 0 Å². The molecule has 0 radical (unpaired) electrons.